The average Bonchev–Trinajstić information content (AvgIpc) is 2.33. The Kier molecular flexibility index (Phi) is 5.40. The van der Waals surface area contributed by atoms with E-state index in [-0.39, 0.29) is 10.3 Å². The van der Waals surface area contributed by atoms with Gasteiger partial charge in [-0.15, -0.1) is 0 Å². The van der Waals surface area contributed by atoms with E-state index in [0.717, 1.165) is 6.07 Å². The highest BCUT2D eigenvalue weighted by atomic mass is 32.2. The molecule has 0 bridgehead atoms. The summed E-state index contributed by atoms with van der Waals surface area (Å²) in [6.45, 7) is 9.85. The van der Waals surface area contributed by atoms with E-state index < -0.39 is 22.8 Å². The van der Waals surface area contributed by atoms with Gasteiger partial charge in [-0.1, -0.05) is 12.1 Å². The lowest BCUT2D eigenvalue weighted by Gasteiger charge is -2.31. The fraction of sp³-hybridized carbons (Fsp3) is 0.562. The molecule has 1 aromatic rings. The first-order valence-electron chi connectivity index (χ1n) is 6.96. The van der Waals surface area contributed by atoms with Gasteiger partial charge in [-0.2, -0.15) is 8.78 Å². The van der Waals surface area contributed by atoms with Gasteiger partial charge in [-0.3, -0.25) is 0 Å². The van der Waals surface area contributed by atoms with Crippen molar-refractivity contribution in [1.82, 2.24) is 0 Å². The maximum absolute atomic E-state index is 14.5. The average molecular weight is 332 g/mol. The lowest BCUT2D eigenvalue weighted by molar-refractivity contribution is -0.0700. The molecule has 2 N–H and O–H groups in total. The Bertz CT molecular complexity index is 570. The maximum Gasteiger partial charge on any atom is 0.293 e. The Hall–Kier alpha value is -1.01. The number of nitrogens with two attached hydrogens (primary N) is 1. The lowest BCUT2D eigenvalue weighted by Crippen LogP contribution is -2.49. The van der Waals surface area contributed by atoms with Crippen LogP contribution in [-0.2, 0) is 5.92 Å². The Morgan fingerprint density at radius 1 is 1.14 bits per heavy atom. The molecule has 0 radical (unpaired) electrons. The fourth-order valence-corrected chi connectivity index (χ4v) is 2.16. The molecular formula is C16H23F3N2S. The van der Waals surface area contributed by atoms with Gasteiger partial charge in [0.05, 0.1) is 16.8 Å². The zero-order valence-corrected chi connectivity index (χ0v) is 14.6. The molecular weight excluding hydrogens is 309 g/mol. The second-order valence-corrected chi connectivity index (χ2v) is 8.43. The second kappa shape index (κ2) is 6.24. The highest BCUT2D eigenvalue weighted by Gasteiger charge is 2.47. The van der Waals surface area contributed by atoms with Crippen LogP contribution in [0.5, 0.6) is 0 Å². The highest BCUT2D eigenvalue weighted by molar-refractivity contribution is 7.99. The van der Waals surface area contributed by atoms with Gasteiger partial charge in [0.2, 0.25) is 0 Å². The van der Waals surface area contributed by atoms with Gasteiger partial charge in [0, 0.05) is 10.3 Å². The summed E-state index contributed by atoms with van der Waals surface area (Å²) in [7, 11) is 0. The summed E-state index contributed by atoms with van der Waals surface area (Å²) in [6, 6.07) is 3.91. The third kappa shape index (κ3) is 4.26. The summed E-state index contributed by atoms with van der Waals surface area (Å²) in [6.07, 6.45) is 0. The monoisotopic (exact) mass is 332 g/mol. The molecule has 0 spiro atoms. The molecule has 0 heterocycles. The van der Waals surface area contributed by atoms with Crippen molar-refractivity contribution in [2.75, 3.05) is 0 Å². The van der Waals surface area contributed by atoms with E-state index >= 15 is 0 Å². The molecule has 0 amide bonds. The summed E-state index contributed by atoms with van der Waals surface area (Å²) >= 11 is 1.27. The van der Waals surface area contributed by atoms with Gasteiger partial charge >= 0.3 is 0 Å². The quantitative estimate of drug-likeness (QED) is 0.628. The van der Waals surface area contributed by atoms with Crippen molar-refractivity contribution >= 4 is 17.7 Å². The zero-order chi connectivity index (χ0) is 17.3. The number of halogens is 3. The second-order valence-electron chi connectivity index (χ2n) is 6.84. The van der Waals surface area contributed by atoms with Crippen molar-refractivity contribution in [2.24, 2.45) is 10.1 Å². The molecule has 0 aliphatic carbocycles. The number of hydrogen-bond acceptors (Lipinski definition) is 3. The molecule has 0 fully saturated rings. The van der Waals surface area contributed by atoms with Crippen LogP contribution in [0.15, 0.2) is 22.6 Å². The van der Waals surface area contributed by atoms with Gasteiger partial charge in [0.1, 0.15) is 5.82 Å². The minimum absolute atomic E-state index is 0.0678. The van der Waals surface area contributed by atoms with Crippen LogP contribution >= 0.6 is 11.9 Å². The van der Waals surface area contributed by atoms with E-state index in [1.54, 1.807) is 6.92 Å². The van der Waals surface area contributed by atoms with E-state index in [1.807, 2.05) is 20.8 Å². The van der Waals surface area contributed by atoms with Gasteiger partial charge in [0.25, 0.3) is 5.92 Å². The molecule has 0 unspecified atom stereocenters. The van der Waals surface area contributed by atoms with Gasteiger partial charge in [-0.25, -0.2) is 8.79 Å². The maximum atomic E-state index is 14.5. The Morgan fingerprint density at radius 2 is 1.68 bits per heavy atom. The van der Waals surface area contributed by atoms with Crippen LogP contribution in [0.2, 0.25) is 0 Å². The molecule has 0 atom stereocenters. The van der Waals surface area contributed by atoms with Crippen LogP contribution in [0.3, 0.4) is 0 Å². The molecule has 22 heavy (non-hydrogen) atoms. The van der Waals surface area contributed by atoms with Crippen LogP contribution < -0.4 is 5.73 Å². The van der Waals surface area contributed by atoms with E-state index in [1.165, 1.54) is 37.9 Å². The topological polar surface area (TPSA) is 38.4 Å². The van der Waals surface area contributed by atoms with Crippen molar-refractivity contribution in [2.45, 2.75) is 57.8 Å². The lowest BCUT2D eigenvalue weighted by atomic mass is 9.89. The van der Waals surface area contributed by atoms with Crippen LogP contribution in [0.1, 0.15) is 52.7 Å². The predicted molar refractivity (Wildman–Crippen MR) is 88.1 cm³/mol. The van der Waals surface area contributed by atoms with Crippen molar-refractivity contribution in [3.63, 3.8) is 0 Å². The van der Waals surface area contributed by atoms with Crippen molar-refractivity contribution in [3.05, 3.63) is 35.1 Å². The van der Waals surface area contributed by atoms with E-state index in [2.05, 4.69) is 4.40 Å². The zero-order valence-electron chi connectivity index (χ0n) is 13.8. The molecule has 0 saturated carbocycles. The van der Waals surface area contributed by atoms with E-state index in [0.29, 0.717) is 5.71 Å². The number of rotatable bonds is 4. The van der Waals surface area contributed by atoms with Crippen LogP contribution in [-0.4, -0.2) is 16.0 Å². The molecule has 0 aliphatic rings. The Labute approximate surface area is 134 Å². The number of benzene rings is 1. The number of nitrogens with zero attached hydrogens (tertiary/aromatic N) is 1. The van der Waals surface area contributed by atoms with Crippen molar-refractivity contribution < 1.29 is 13.2 Å². The minimum Gasteiger partial charge on any atom is -0.320 e. The fourth-order valence-electron chi connectivity index (χ4n) is 1.66. The molecule has 0 aliphatic heterocycles. The first kappa shape index (κ1) is 19.0. The summed E-state index contributed by atoms with van der Waals surface area (Å²) in [4.78, 5) is 0. The number of hydrogen-bond donors (Lipinski definition) is 1. The van der Waals surface area contributed by atoms with E-state index in [9.17, 15) is 13.2 Å². The summed E-state index contributed by atoms with van der Waals surface area (Å²) in [5.74, 6) is -4.45. The Morgan fingerprint density at radius 3 is 2.14 bits per heavy atom. The molecule has 2 nitrogen and oxygen atoms in total. The minimum atomic E-state index is -3.48. The SMILES string of the molecule is C/C(=N\SC(C)(C)C)c1cccc(C(F)(F)C(C)(C)N)c1F. The molecule has 0 aromatic heterocycles. The molecule has 124 valence electrons. The largest absolute Gasteiger partial charge is 0.320 e. The summed E-state index contributed by atoms with van der Waals surface area (Å²) in [5, 5.41) is 0. The Balaban J connectivity index is 3.31. The third-order valence-electron chi connectivity index (χ3n) is 2.99. The van der Waals surface area contributed by atoms with Crippen LogP contribution in [0.25, 0.3) is 0 Å². The van der Waals surface area contributed by atoms with Crippen LogP contribution in [0, 0.1) is 5.82 Å². The smallest absolute Gasteiger partial charge is 0.293 e. The van der Waals surface area contributed by atoms with Gasteiger partial charge in [-0.05, 0) is 59.6 Å². The highest BCUT2D eigenvalue weighted by Crippen LogP contribution is 2.39. The normalized spacial score (nSPS) is 14.4. The summed E-state index contributed by atoms with van der Waals surface area (Å²) in [5.41, 5.74) is 3.37. The molecule has 1 rings (SSSR count). The van der Waals surface area contributed by atoms with Crippen molar-refractivity contribution in [1.29, 1.82) is 0 Å². The molecule has 0 saturated heterocycles. The third-order valence-corrected chi connectivity index (χ3v) is 3.91. The summed E-state index contributed by atoms with van der Waals surface area (Å²) < 4.78 is 47.3. The predicted octanol–water partition coefficient (Wildman–Crippen LogP) is 4.91. The first-order valence-corrected chi connectivity index (χ1v) is 7.73. The van der Waals surface area contributed by atoms with Crippen molar-refractivity contribution in [3.8, 4) is 0 Å². The van der Waals surface area contributed by atoms with Gasteiger partial charge in [0.15, 0.2) is 0 Å². The number of alkyl halides is 2. The van der Waals surface area contributed by atoms with Crippen LogP contribution in [0.4, 0.5) is 13.2 Å². The standard InChI is InChI=1S/C16H23F3N2S/c1-10(21-22-14(2,3)4)11-8-7-9-12(13(11)17)16(18,19)15(5,6)20/h7-9H,20H2,1-6H3/b21-10+. The van der Waals surface area contributed by atoms with E-state index in [4.69, 9.17) is 5.73 Å². The molecule has 6 heteroatoms. The first-order chi connectivity index (χ1) is 9.77. The van der Waals surface area contributed by atoms with Gasteiger partial charge < -0.3 is 5.73 Å². The molecule has 1 aromatic carbocycles.